The third-order valence-corrected chi connectivity index (χ3v) is 3.52. The van der Waals surface area contributed by atoms with Crippen LogP contribution >= 0.6 is 0 Å². The van der Waals surface area contributed by atoms with Crippen LogP contribution in [-0.2, 0) is 0 Å². The van der Waals surface area contributed by atoms with Gasteiger partial charge in [0.15, 0.2) is 0 Å². The Morgan fingerprint density at radius 1 is 0.696 bits per heavy atom. The van der Waals surface area contributed by atoms with Gasteiger partial charge in [-0.05, 0) is 24.3 Å². The van der Waals surface area contributed by atoms with Crippen LogP contribution in [0.4, 0.5) is 0 Å². The Labute approximate surface area is 138 Å². The molecule has 2 rings (SSSR count). The van der Waals surface area contributed by atoms with Crippen LogP contribution in [0.2, 0.25) is 0 Å². The molecule has 0 bridgehead atoms. The van der Waals surface area contributed by atoms with E-state index in [9.17, 15) is 0 Å². The molecule has 0 aliphatic carbocycles. The monoisotopic (exact) mass is 299 g/mol. The van der Waals surface area contributed by atoms with Crippen LogP contribution in [0.25, 0.3) is 30.0 Å². The second kappa shape index (κ2) is 7.81. The van der Waals surface area contributed by atoms with Crippen LogP contribution < -0.4 is 0 Å². The minimum atomic E-state index is 1.02. The van der Waals surface area contributed by atoms with E-state index in [-0.39, 0.29) is 0 Å². The molecule has 0 aliphatic rings. The molecule has 0 aliphatic heterocycles. The second-order valence-electron chi connectivity index (χ2n) is 4.87. The van der Waals surface area contributed by atoms with Gasteiger partial charge in [-0.1, -0.05) is 81.0 Å². The van der Waals surface area contributed by atoms with E-state index in [1.54, 1.807) is 12.2 Å². The normalized spacial score (nSPS) is 11.0. The van der Waals surface area contributed by atoms with Crippen molar-refractivity contribution in [2.24, 2.45) is 0 Å². The summed E-state index contributed by atoms with van der Waals surface area (Å²) in [5, 5.41) is 0. The van der Waals surface area contributed by atoms with E-state index in [0.29, 0.717) is 0 Å². The van der Waals surface area contributed by atoms with E-state index >= 15 is 0 Å². The van der Waals surface area contributed by atoms with Crippen molar-refractivity contribution >= 4 is 24.3 Å². The SMILES string of the molecule is C=C/C=C\c1c(C=C)c(/C=C\C=C)n(-c2ccccc2)c1C=C. The zero-order valence-electron chi connectivity index (χ0n) is 13.3. The number of hydrogen-bond donors (Lipinski definition) is 0. The first kappa shape index (κ1) is 16.3. The van der Waals surface area contributed by atoms with Crippen LogP contribution in [0, 0.1) is 0 Å². The third kappa shape index (κ3) is 3.24. The third-order valence-electron chi connectivity index (χ3n) is 3.52. The first-order chi connectivity index (χ1) is 11.3. The van der Waals surface area contributed by atoms with Crippen LogP contribution in [-0.4, -0.2) is 4.57 Å². The maximum atomic E-state index is 4.00. The van der Waals surface area contributed by atoms with Crippen molar-refractivity contribution in [1.82, 2.24) is 4.57 Å². The highest BCUT2D eigenvalue weighted by Gasteiger charge is 2.17. The van der Waals surface area contributed by atoms with Crippen molar-refractivity contribution < 1.29 is 0 Å². The van der Waals surface area contributed by atoms with Crippen molar-refractivity contribution in [3.63, 3.8) is 0 Å². The summed E-state index contributed by atoms with van der Waals surface area (Å²) < 4.78 is 2.17. The maximum Gasteiger partial charge on any atom is 0.0540 e. The Balaban J connectivity index is 2.88. The standard InChI is InChI=1S/C22H21N/c1-5-9-16-20-19(7-3)22(17-10-6-2)23(21(20)8-4)18-14-12-11-13-15-18/h5-17H,1-4H2/b16-9-,17-10-. The van der Waals surface area contributed by atoms with Crippen molar-refractivity contribution in [3.05, 3.63) is 103 Å². The molecule has 0 saturated carbocycles. The van der Waals surface area contributed by atoms with Gasteiger partial charge < -0.3 is 4.57 Å². The van der Waals surface area contributed by atoms with E-state index in [2.05, 4.69) is 43.0 Å². The number of allylic oxidation sites excluding steroid dienone is 4. The molecule has 0 fully saturated rings. The molecule has 1 heteroatoms. The van der Waals surface area contributed by atoms with Crippen molar-refractivity contribution in [2.45, 2.75) is 0 Å². The lowest BCUT2D eigenvalue weighted by molar-refractivity contribution is 1.04. The molecule has 2 aromatic rings. The van der Waals surface area contributed by atoms with Gasteiger partial charge in [-0.2, -0.15) is 0 Å². The van der Waals surface area contributed by atoms with Crippen molar-refractivity contribution in [1.29, 1.82) is 0 Å². The first-order valence-corrected chi connectivity index (χ1v) is 7.45. The van der Waals surface area contributed by atoms with E-state index < -0.39 is 0 Å². The molecule has 0 amide bonds. The quantitative estimate of drug-likeness (QED) is 0.539. The summed E-state index contributed by atoms with van der Waals surface area (Å²) in [4.78, 5) is 0. The molecule has 0 radical (unpaired) electrons. The fraction of sp³-hybridized carbons (Fsp3) is 0. The summed E-state index contributed by atoms with van der Waals surface area (Å²) in [6.45, 7) is 15.5. The van der Waals surface area contributed by atoms with E-state index in [1.165, 1.54) is 0 Å². The molecule has 23 heavy (non-hydrogen) atoms. The number of rotatable bonds is 7. The van der Waals surface area contributed by atoms with Crippen LogP contribution in [0.3, 0.4) is 0 Å². The highest BCUT2D eigenvalue weighted by atomic mass is 15.0. The Morgan fingerprint density at radius 3 is 1.91 bits per heavy atom. The molecule has 1 nitrogen and oxygen atoms in total. The summed E-state index contributed by atoms with van der Waals surface area (Å²) in [5.74, 6) is 0. The highest BCUT2D eigenvalue weighted by Crippen LogP contribution is 2.31. The maximum absolute atomic E-state index is 4.00. The van der Waals surface area contributed by atoms with Gasteiger partial charge in [0, 0.05) is 16.8 Å². The zero-order chi connectivity index (χ0) is 16.7. The van der Waals surface area contributed by atoms with Crippen LogP contribution in [0.15, 0.2) is 81.0 Å². The molecule has 0 atom stereocenters. The topological polar surface area (TPSA) is 4.93 Å². The average molecular weight is 299 g/mol. The Hall–Kier alpha value is -3.06. The smallest absolute Gasteiger partial charge is 0.0540 e. The van der Waals surface area contributed by atoms with Crippen molar-refractivity contribution in [2.75, 3.05) is 0 Å². The van der Waals surface area contributed by atoms with Gasteiger partial charge in [-0.25, -0.2) is 0 Å². The predicted molar refractivity (Wildman–Crippen MR) is 104 cm³/mol. The molecule has 0 spiro atoms. The Morgan fingerprint density at radius 2 is 1.35 bits per heavy atom. The molecule has 1 heterocycles. The Kier molecular flexibility index (Phi) is 5.54. The summed E-state index contributed by atoms with van der Waals surface area (Å²) in [5.41, 5.74) is 5.27. The molecular weight excluding hydrogens is 278 g/mol. The van der Waals surface area contributed by atoms with E-state index in [1.807, 2.05) is 54.7 Å². The van der Waals surface area contributed by atoms with Crippen molar-refractivity contribution in [3.8, 4) is 5.69 Å². The summed E-state index contributed by atoms with van der Waals surface area (Å²) in [6, 6.07) is 10.2. The molecule has 0 unspecified atom stereocenters. The zero-order valence-corrected chi connectivity index (χ0v) is 13.3. The number of aromatic nitrogens is 1. The molecule has 1 aromatic carbocycles. The number of benzene rings is 1. The molecule has 0 saturated heterocycles. The number of para-hydroxylation sites is 1. The minimum Gasteiger partial charge on any atom is -0.309 e. The van der Waals surface area contributed by atoms with E-state index in [4.69, 9.17) is 0 Å². The molecular formula is C22H21N. The van der Waals surface area contributed by atoms with E-state index in [0.717, 1.165) is 28.2 Å². The van der Waals surface area contributed by atoms with Gasteiger partial charge in [0.25, 0.3) is 0 Å². The predicted octanol–water partition coefficient (Wildman–Crippen LogP) is 6.16. The van der Waals surface area contributed by atoms with Crippen LogP contribution in [0.5, 0.6) is 0 Å². The lowest BCUT2D eigenvalue weighted by Crippen LogP contribution is -1.99. The molecule has 1 aromatic heterocycles. The van der Waals surface area contributed by atoms with Gasteiger partial charge in [0.05, 0.1) is 11.4 Å². The van der Waals surface area contributed by atoms with Gasteiger partial charge in [0.2, 0.25) is 0 Å². The first-order valence-electron chi connectivity index (χ1n) is 7.45. The lowest BCUT2D eigenvalue weighted by Gasteiger charge is -2.10. The van der Waals surface area contributed by atoms with Gasteiger partial charge in [0.1, 0.15) is 0 Å². The summed E-state index contributed by atoms with van der Waals surface area (Å²) in [6.07, 6.45) is 15.2. The van der Waals surface area contributed by atoms with Gasteiger partial charge >= 0.3 is 0 Å². The number of hydrogen-bond acceptors (Lipinski definition) is 0. The fourth-order valence-electron chi connectivity index (χ4n) is 2.58. The molecule has 114 valence electrons. The van der Waals surface area contributed by atoms with Gasteiger partial charge in [-0.15, -0.1) is 0 Å². The lowest BCUT2D eigenvalue weighted by atomic mass is 10.1. The minimum absolute atomic E-state index is 1.02. The van der Waals surface area contributed by atoms with Gasteiger partial charge in [-0.3, -0.25) is 0 Å². The molecule has 0 N–H and O–H groups in total. The highest BCUT2D eigenvalue weighted by molar-refractivity contribution is 5.81. The number of nitrogens with zero attached hydrogens (tertiary/aromatic N) is 1. The fourth-order valence-corrected chi connectivity index (χ4v) is 2.58. The summed E-state index contributed by atoms with van der Waals surface area (Å²) >= 11 is 0. The Bertz CT molecular complexity index is 783. The second-order valence-corrected chi connectivity index (χ2v) is 4.87. The largest absolute Gasteiger partial charge is 0.309 e. The summed E-state index contributed by atoms with van der Waals surface area (Å²) in [7, 11) is 0. The average Bonchev–Trinajstić information content (AvgIpc) is 2.91. The van der Waals surface area contributed by atoms with Crippen LogP contribution in [0.1, 0.15) is 22.5 Å².